The van der Waals surface area contributed by atoms with E-state index < -0.39 is 24.2 Å². The van der Waals surface area contributed by atoms with Crippen molar-refractivity contribution in [2.45, 2.75) is 58.3 Å². The van der Waals surface area contributed by atoms with Gasteiger partial charge in [0.15, 0.2) is 0 Å². The Labute approximate surface area is 262 Å². The number of hydrogen-bond donors (Lipinski definition) is 3. The van der Waals surface area contributed by atoms with Crippen molar-refractivity contribution in [3.63, 3.8) is 0 Å². The van der Waals surface area contributed by atoms with Crippen LogP contribution < -0.4 is 15.4 Å². The van der Waals surface area contributed by atoms with E-state index in [1.165, 1.54) is 4.90 Å². The van der Waals surface area contributed by atoms with E-state index in [0.717, 1.165) is 5.56 Å². The van der Waals surface area contributed by atoms with Crippen molar-refractivity contribution >= 4 is 35.4 Å². The Balaban J connectivity index is 0.000000738. The van der Waals surface area contributed by atoms with Crippen molar-refractivity contribution in [2.24, 2.45) is 0 Å². The van der Waals surface area contributed by atoms with Crippen LogP contribution in [0.5, 0.6) is 5.88 Å². The summed E-state index contributed by atoms with van der Waals surface area (Å²) in [5.41, 5.74) is 8.86. The van der Waals surface area contributed by atoms with Gasteiger partial charge in [-0.15, -0.1) is 0 Å². The molecule has 15 heteroatoms. The van der Waals surface area contributed by atoms with E-state index >= 15 is 0 Å². The molecule has 0 radical (unpaired) electrons. The maximum Gasteiger partial charge on any atom is 0.490 e. The fraction of sp³-hybridized carbons (Fsp3) is 0.355. The molecule has 4 rings (SSSR count). The molecule has 0 fully saturated rings. The van der Waals surface area contributed by atoms with E-state index in [-0.39, 0.29) is 36.8 Å². The summed E-state index contributed by atoms with van der Waals surface area (Å²) >= 11 is 0. The Bertz CT molecular complexity index is 1550. The molecule has 1 aliphatic heterocycles. The zero-order chi connectivity index (χ0) is 34.2. The van der Waals surface area contributed by atoms with Crippen LogP contribution >= 0.6 is 0 Å². The van der Waals surface area contributed by atoms with E-state index in [0.29, 0.717) is 47.8 Å². The molecule has 2 aromatic carbocycles. The van der Waals surface area contributed by atoms with Gasteiger partial charge in [0.1, 0.15) is 6.54 Å². The van der Waals surface area contributed by atoms with E-state index in [9.17, 15) is 32.7 Å². The molecule has 0 spiro atoms. The van der Waals surface area contributed by atoms with Crippen molar-refractivity contribution in [3.8, 4) is 5.88 Å². The minimum Gasteiger partial charge on any atom is -0.481 e. The zero-order valence-electron chi connectivity index (χ0n) is 25.3. The number of carboxylic acid groups (broad SMARTS) is 2. The molecule has 2 amide bonds. The summed E-state index contributed by atoms with van der Waals surface area (Å²) in [7, 11) is 0. The minimum atomic E-state index is -5.08. The molecule has 0 saturated carbocycles. The Kier molecular flexibility index (Phi) is 11.6. The Morgan fingerprint density at radius 2 is 1.70 bits per heavy atom. The van der Waals surface area contributed by atoms with Gasteiger partial charge in [-0.3, -0.25) is 14.4 Å². The van der Waals surface area contributed by atoms with Crippen LogP contribution in [0.1, 0.15) is 59.9 Å². The van der Waals surface area contributed by atoms with E-state index in [2.05, 4.69) is 9.97 Å². The number of rotatable bonds is 10. The number of carboxylic acids is 2. The average molecular weight is 646 g/mol. The SMILES string of the molecule is Cc1cc(OCCCc2ccc3c(c2)C(=O)N(C(CC(=O)O)c2ccccc2)CC(=O)N3C(C)C)nc(N)n1.O=C(O)C(F)(F)F. The number of hydrogen-bond acceptors (Lipinski definition) is 8. The van der Waals surface area contributed by atoms with Crippen LogP contribution in [0.25, 0.3) is 0 Å². The fourth-order valence-corrected chi connectivity index (χ4v) is 4.86. The van der Waals surface area contributed by atoms with Gasteiger partial charge in [0, 0.05) is 17.8 Å². The first kappa shape index (κ1) is 35.3. The normalized spacial score (nSPS) is 13.8. The molecule has 0 aliphatic carbocycles. The number of alkyl halides is 3. The highest BCUT2D eigenvalue weighted by atomic mass is 19.4. The smallest absolute Gasteiger partial charge is 0.481 e. The summed E-state index contributed by atoms with van der Waals surface area (Å²) in [6, 6.07) is 15.2. The number of aryl methyl sites for hydroxylation is 2. The molecule has 2 heterocycles. The molecule has 46 heavy (non-hydrogen) atoms. The van der Waals surface area contributed by atoms with Gasteiger partial charge >= 0.3 is 18.1 Å². The summed E-state index contributed by atoms with van der Waals surface area (Å²) < 4.78 is 37.5. The molecule has 0 saturated heterocycles. The second-order valence-corrected chi connectivity index (χ2v) is 10.6. The third-order valence-corrected chi connectivity index (χ3v) is 6.78. The predicted octanol–water partition coefficient (Wildman–Crippen LogP) is 4.43. The van der Waals surface area contributed by atoms with Crippen molar-refractivity contribution in [3.05, 3.63) is 77.0 Å². The molecule has 1 aromatic heterocycles. The number of ether oxygens (including phenoxy) is 1. The third kappa shape index (κ3) is 9.39. The van der Waals surface area contributed by atoms with Crippen LogP contribution in [0.3, 0.4) is 0 Å². The van der Waals surface area contributed by atoms with Gasteiger partial charge in [-0.2, -0.15) is 18.2 Å². The molecule has 1 unspecified atom stereocenters. The fourth-order valence-electron chi connectivity index (χ4n) is 4.86. The first-order chi connectivity index (χ1) is 21.6. The molecule has 4 N–H and O–H groups in total. The number of amides is 2. The second kappa shape index (κ2) is 15.2. The molecule has 246 valence electrons. The molecular weight excluding hydrogens is 611 g/mol. The number of carbonyl (C=O) groups is 4. The van der Waals surface area contributed by atoms with Crippen LogP contribution in [0, 0.1) is 6.92 Å². The summed E-state index contributed by atoms with van der Waals surface area (Å²) in [5.74, 6) is -3.88. The van der Waals surface area contributed by atoms with Crippen LogP contribution in [0.15, 0.2) is 54.6 Å². The molecule has 1 aliphatic rings. The Morgan fingerprint density at radius 1 is 1.04 bits per heavy atom. The molecular formula is C31H34F3N5O7. The number of nitrogens with zero attached hydrogens (tertiary/aromatic N) is 4. The first-order valence-electron chi connectivity index (χ1n) is 14.1. The van der Waals surface area contributed by atoms with Gasteiger partial charge in [-0.1, -0.05) is 36.4 Å². The topological polar surface area (TPSA) is 176 Å². The quantitative estimate of drug-likeness (QED) is 0.268. The van der Waals surface area contributed by atoms with Gasteiger partial charge in [0.25, 0.3) is 5.91 Å². The number of nitrogen functional groups attached to an aromatic ring is 1. The average Bonchev–Trinajstić information content (AvgIpc) is 3.07. The largest absolute Gasteiger partial charge is 0.490 e. The summed E-state index contributed by atoms with van der Waals surface area (Å²) in [4.78, 5) is 59.2. The molecule has 12 nitrogen and oxygen atoms in total. The number of halogens is 3. The second-order valence-electron chi connectivity index (χ2n) is 10.6. The molecule has 1 atom stereocenters. The molecule has 0 bridgehead atoms. The lowest BCUT2D eigenvalue weighted by atomic mass is 9.99. The summed E-state index contributed by atoms with van der Waals surface area (Å²) in [6.07, 6.45) is -4.13. The standard InChI is InChI=1S/C29H33N5O5.C2HF3O2/c1-18(2)34-23-12-11-20(8-7-13-39-25-14-19(3)31-29(30)32-25)15-22(23)28(38)33(17-26(34)35)24(16-27(36)37)21-9-5-4-6-10-21;3-2(4,5)1(6)7/h4-6,9-12,14-15,18,24H,7-8,13,16-17H2,1-3H3,(H,36,37)(H2,30,31,32);(H,6,7). The Hall–Kier alpha value is -5.21. The highest BCUT2D eigenvalue weighted by Crippen LogP contribution is 2.34. The molecule has 3 aromatic rings. The van der Waals surface area contributed by atoms with Crippen LogP contribution in [0.2, 0.25) is 0 Å². The lowest BCUT2D eigenvalue weighted by molar-refractivity contribution is -0.192. The van der Waals surface area contributed by atoms with Crippen LogP contribution in [-0.4, -0.2) is 74.2 Å². The van der Waals surface area contributed by atoms with Gasteiger partial charge in [0.05, 0.1) is 30.3 Å². The van der Waals surface area contributed by atoms with Crippen molar-refractivity contribution < 1.29 is 47.3 Å². The number of aliphatic carboxylic acids is 2. The van der Waals surface area contributed by atoms with E-state index in [1.807, 2.05) is 32.9 Å². The highest BCUT2D eigenvalue weighted by molar-refractivity contribution is 6.10. The van der Waals surface area contributed by atoms with Gasteiger partial charge < -0.3 is 30.5 Å². The van der Waals surface area contributed by atoms with Crippen LogP contribution in [-0.2, 0) is 20.8 Å². The highest BCUT2D eigenvalue weighted by Gasteiger charge is 2.39. The van der Waals surface area contributed by atoms with Gasteiger partial charge in [0.2, 0.25) is 17.7 Å². The van der Waals surface area contributed by atoms with Crippen molar-refractivity contribution in [1.29, 1.82) is 0 Å². The summed E-state index contributed by atoms with van der Waals surface area (Å²) in [5, 5.41) is 16.8. The number of carbonyl (C=O) groups excluding carboxylic acids is 2. The maximum atomic E-state index is 14.0. The lowest BCUT2D eigenvalue weighted by Crippen LogP contribution is -2.44. The number of anilines is 2. The third-order valence-electron chi connectivity index (χ3n) is 6.78. The Morgan fingerprint density at radius 3 is 2.26 bits per heavy atom. The van der Waals surface area contributed by atoms with E-state index in [1.54, 1.807) is 47.4 Å². The van der Waals surface area contributed by atoms with E-state index in [4.69, 9.17) is 20.4 Å². The number of nitrogens with two attached hydrogens (primary N) is 1. The number of fused-ring (bicyclic) bond motifs is 1. The number of aromatic nitrogens is 2. The van der Waals surface area contributed by atoms with Gasteiger partial charge in [-0.25, -0.2) is 9.78 Å². The monoisotopic (exact) mass is 645 g/mol. The summed E-state index contributed by atoms with van der Waals surface area (Å²) in [6.45, 7) is 5.76. The van der Waals surface area contributed by atoms with Crippen LogP contribution in [0.4, 0.5) is 24.8 Å². The van der Waals surface area contributed by atoms with Crippen molar-refractivity contribution in [2.75, 3.05) is 23.8 Å². The predicted molar refractivity (Wildman–Crippen MR) is 160 cm³/mol. The lowest BCUT2D eigenvalue weighted by Gasteiger charge is -2.30. The maximum absolute atomic E-state index is 14.0. The minimum absolute atomic E-state index is 0.153. The zero-order valence-corrected chi connectivity index (χ0v) is 25.3. The van der Waals surface area contributed by atoms with Crippen molar-refractivity contribution in [1.82, 2.24) is 14.9 Å². The van der Waals surface area contributed by atoms with Gasteiger partial charge in [-0.05, 0) is 56.9 Å². The first-order valence-corrected chi connectivity index (χ1v) is 14.1. The number of benzene rings is 2.